The van der Waals surface area contributed by atoms with E-state index in [1.54, 1.807) is 47.6 Å². The van der Waals surface area contributed by atoms with Crippen molar-refractivity contribution in [3.05, 3.63) is 66.7 Å². The number of rotatable bonds is 3. The van der Waals surface area contributed by atoms with Crippen LogP contribution in [0.3, 0.4) is 0 Å². The van der Waals surface area contributed by atoms with Gasteiger partial charge < -0.3 is 15.6 Å². The van der Waals surface area contributed by atoms with Gasteiger partial charge in [0.05, 0.1) is 6.20 Å². The summed E-state index contributed by atoms with van der Waals surface area (Å²) >= 11 is 0. The molecule has 6 heteroatoms. The fourth-order valence-corrected chi connectivity index (χ4v) is 1.89. The van der Waals surface area contributed by atoms with Crippen LogP contribution in [0, 0.1) is 0 Å². The van der Waals surface area contributed by atoms with Crippen LogP contribution in [0.15, 0.2) is 61.2 Å². The molecular weight excluding hydrogens is 266 g/mol. The van der Waals surface area contributed by atoms with E-state index < -0.39 is 0 Å². The molecule has 3 aromatic rings. The van der Waals surface area contributed by atoms with Crippen molar-refractivity contribution >= 4 is 17.5 Å². The Labute approximate surface area is 121 Å². The Morgan fingerprint density at radius 1 is 1.10 bits per heavy atom. The number of hydrogen-bond donors (Lipinski definition) is 2. The molecule has 0 atom stereocenters. The monoisotopic (exact) mass is 279 g/mol. The summed E-state index contributed by atoms with van der Waals surface area (Å²) in [6.07, 6.45) is 4.96. The van der Waals surface area contributed by atoms with Crippen molar-refractivity contribution in [1.82, 2.24) is 14.5 Å². The molecule has 1 amide bonds. The van der Waals surface area contributed by atoms with Gasteiger partial charge in [-0.15, -0.1) is 0 Å². The third kappa shape index (κ3) is 2.89. The zero-order valence-corrected chi connectivity index (χ0v) is 11.1. The van der Waals surface area contributed by atoms with Crippen LogP contribution in [0.1, 0.15) is 10.4 Å². The molecule has 21 heavy (non-hydrogen) atoms. The van der Waals surface area contributed by atoms with E-state index >= 15 is 0 Å². The van der Waals surface area contributed by atoms with Crippen molar-refractivity contribution in [2.24, 2.45) is 0 Å². The number of anilines is 2. The normalized spacial score (nSPS) is 10.3. The zero-order valence-electron chi connectivity index (χ0n) is 11.1. The average molecular weight is 279 g/mol. The fourth-order valence-electron chi connectivity index (χ4n) is 1.89. The van der Waals surface area contributed by atoms with Gasteiger partial charge in [-0.1, -0.05) is 6.07 Å². The summed E-state index contributed by atoms with van der Waals surface area (Å²) in [5.41, 5.74) is 7.01. The smallest absolute Gasteiger partial charge is 0.256 e. The molecule has 2 aromatic heterocycles. The predicted octanol–water partition coefficient (Wildman–Crippen LogP) is 2.10. The maximum absolute atomic E-state index is 12.1. The minimum absolute atomic E-state index is 0.203. The number of aromatic nitrogens is 3. The largest absolute Gasteiger partial charge is 0.382 e. The Morgan fingerprint density at radius 2 is 1.90 bits per heavy atom. The Hall–Kier alpha value is -3.15. The first-order valence-corrected chi connectivity index (χ1v) is 6.35. The van der Waals surface area contributed by atoms with Crippen molar-refractivity contribution < 1.29 is 4.79 Å². The Morgan fingerprint density at radius 3 is 2.52 bits per heavy atom. The second-order valence-corrected chi connectivity index (χ2v) is 4.42. The molecule has 0 fully saturated rings. The highest BCUT2D eigenvalue weighted by Gasteiger charge is 2.07. The van der Waals surface area contributed by atoms with Gasteiger partial charge in [-0.3, -0.25) is 4.79 Å². The summed E-state index contributed by atoms with van der Waals surface area (Å²) in [6, 6.07) is 12.5. The number of imidazole rings is 1. The molecule has 0 radical (unpaired) electrons. The lowest BCUT2D eigenvalue weighted by atomic mass is 10.2. The molecule has 3 rings (SSSR count). The first-order valence-electron chi connectivity index (χ1n) is 6.35. The number of hydrogen-bond acceptors (Lipinski definition) is 4. The Bertz CT molecular complexity index is 749. The van der Waals surface area contributed by atoms with Crippen molar-refractivity contribution in [2.45, 2.75) is 0 Å². The number of pyridine rings is 1. The van der Waals surface area contributed by atoms with Crippen molar-refractivity contribution in [3.8, 4) is 5.69 Å². The maximum atomic E-state index is 12.1. The SMILES string of the molecule is Nc1cn(-c2ccc(C(=O)Nc3ccccn3)cc2)cn1. The number of nitrogens with one attached hydrogen (secondary N) is 1. The average Bonchev–Trinajstić information content (AvgIpc) is 2.95. The van der Waals surface area contributed by atoms with E-state index in [-0.39, 0.29) is 5.91 Å². The highest BCUT2D eigenvalue weighted by atomic mass is 16.1. The number of nitrogens with two attached hydrogens (primary N) is 1. The summed E-state index contributed by atoms with van der Waals surface area (Å²) < 4.78 is 1.79. The summed E-state index contributed by atoms with van der Waals surface area (Å²) in [6.45, 7) is 0. The Kier molecular flexibility index (Phi) is 3.34. The molecule has 0 aliphatic carbocycles. The minimum Gasteiger partial charge on any atom is -0.382 e. The maximum Gasteiger partial charge on any atom is 0.256 e. The van der Waals surface area contributed by atoms with E-state index in [2.05, 4.69) is 15.3 Å². The van der Waals surface area contributed by atoms with E-state index in [1.807, 2.05) is 18.2 Å². The quantitative estimate of drug-likeness (QED) is 0.768. The molecule has 0 bridgehead atoms. The van der Waals surface area contributed by atoms with E-state index in [0.29, 0.717) is 17.2 Å². The molecule has 0 saturated heterocycles. The lowest BCUT2D eigenvalue weighted by Gasteiger charge is -2.06. The van der Waals surface area contributed by atoms with Crippen LogP contribution < -0.4 is 11.1 Å². The van der Waals surface area contributed by atoms with Gasteiger partial charge in [0.25, 0.3) is 5.91 Å². The van der Waals surface area contributed by atoms with Gasteiger partial charge in [0.2, 0.25) is 0 Å². The van der Waals surface area contributed by atoms with Gasteiger partial charge in [0.1, 0.15) is 18.0 Å². The summed E-state index contributed by atoms with van der Waals surface area (Å²) in [7, 11) is 0. The van der Waals surface area contributed by atoms with Gasteiger partial charge in [-0.2, -0.15) is 0 Å². The summed E-state index contributed by atoms with van der Waals surface area (Å²) in [5.74, 6) is 0.770. The molecule has 0 unspecified atom stereocenters. The molecule has 6 nitrogen and oxygen atoms in total. The van der Waals surface area contributed by atoms with E-state index in [9.17, 15) is 4.79 Å². The number of carbonyl (C=O) groups is 1. The van der Waals surface area contributed by atoms with E-state index in [0.717, 1.165) is 5.69 Å². The molecule has 0 aliphatic heterocycles. The summed E-state index contributed by atoms with van der Waals surface area (Å²) in [4.78, 5) is 20.1. The molecule has 3 N–H and O–H groups in total. The van der Waals surface area contributed by atoms with Crippen molar-refractivity contribution in [3.63, 3.8) is 0 Å². The van der Waals surface area contributed by atoms with Crippen LogP contribution in [-0.2, 0) is 0 Å². The number of carbonyl (C=O) groups excluding carboxylic acids is 1. The highest BCUT2D eigenvalue weighted by Crippen LogP contribution is 2.12. The minimum atomic E-state index is -0.203. The van der Waals surface area contributed by atoms with Crippen LogP contribution >= 0.6 is 0 Å². The predicted molar refractivity (Wildman–Crippen MR) is 80.2 cm³/mol. The molecule has 0 spiro atoms. The molecule has 0 saturated carbocycles. The van der Waals surface area contributed by atoms with Crippen molar-refractivity contribution in [1.29, 1.82) is 0 Å². The number of benzene rings is 1. The van der Waals surface area contributed by atoms with Crippen LogP contribution in [0.2, 0.25) is 0 Å². The third-order valence-electron chi connectivity index (χ3n) is 2.94. The number of nitrogen functional groups attached to an aromatic ring is 1. The van der Waals surface area contributed by atoms with Gasteiger partial charge in [0.15, 0.2) is 0 Å². The van der Waals surface area contributed by atoms with Crippen LogP contribution in [-0.4, -0.2) is 20.4 Å². The lowest BCUT2D eigenvalue weighted by Crippen LogP contribution is -2.12. The van der Waals surface area contributed by atoms with E-state index in [1.165, 1.54) is 0 Å². The van der Waals surface area contributed by atoms with Crippen LogP contribution in [0.25, 0.3) is 5.69 Å². The number of nitrogens with zero attached hydrogens (tertiary/aromatic N) is 3. The van der Waals surface area contributed by atoms with Gasteiger partial charge >= 0.3 is 0 Å². The topological polar surface area (TPSA) is 85.8 Å². The number of amides is 1. The molecule has 1 aromatic carbocycles. The standard InChI is InChI=1S/C15H13N5O/c16-13-9-20(10-18-13)12-6-4-11(5-7-12)15(21)19-14-3-1-2-8-17-14/h1-10H,16H2,(H,17,19,21). The fraction of sp³-hybridized carbons (Fsp3) is 0. The molecular formula is C15H13N5O. The van der Waals surface area contributed by atoms with Crippen LogP contribution in [0.4, 0.5) is 11.6 Å². The second kappa shape index (κ2) is 5.46. The van der Waals surface area contributed by atoms with Gasteiger partial charge in [-0.25, -0.2) is 9.97 Å². The third-order valence-corrected chi connectivity index (χ3v) is 2.94. The Balaban J connectivity index is 1.76. The second-order valence-electron chi connectivity index (χ2n) is 4.42. The highest BCUT2D eigenvalue weighted by molar-refractivity contribution is 6.03. The van der Waals surface area contributed by atoms with Gasteiger partial charge in [-0.05, 0) is 36.4 Å². The van der Waals surface area contributed by atoms with E-state index in [4.69, 9.17) is 5.73 Å². The zero-order chi connectivity index (χ0) is 14.7. The first-order chi connectivity index (χ1) is 10.2. The summed E-state index contributed by atoms with van der Waals surface area (Å²) in [5, 5.41) is 2.73. The molecule has 104 valence electrons. The van der Waals surface area contributed by atoms with Crippen molar-refractivity contribution in [2.75, 3.05) is 11.1 Å². The first kappa shape index (κ1) is 12.9. The lowest BCUT2D eigenvalue weighted by molar-refractivity contribution is 0.102. The molecule has 2 heterocycles. The van der Waals surface area contributed by atoms with Gasteiger partial charge in [0, 0.05) is 17.4 Å². The van der Waals surface area contributed by atoms with Crippen LogP contribution in [0.5, 0.6) is 0 Å². The molecule has 0 aliphatic rings.